The van der Waals surface area contributed by atoms with Gasteiger partial charge in [0.05, 0.1) is 89.3 Å². The molecule has 0 radical (unpaired) electrons. The van der Waals surface area contributed by atoms with E-state index in [2.05, 4.69) is 28.2 Å². The molecule has 7 saturated heterocycles. The lowest BCUT2D eigenvalue weighted by atomic mass is 9.87. The summed E-state index contributed by atoms with van der Waals surface area (Å²) in [4.78, 5) is 76.4. The zero-order valence-corrected chi connectivity index (χ0v) is 67.0. The molecule has 39 atom stereocenters. The number of allylic oxidation sites excluding steroid dienone is 1. The van der Waals surface area contributed by atoms with E-state index in [0.717, 1.165) is 46.5 Å². The van der Waals surface area contributed by atoms with Gasteiger partial charge in [-0.25, -0.2) is 0 Å². The molecule has 0 unspecified atom stereocenters. The number of ether oxygens (including phenoxy) is 14. The SMILES string of the molecule is CCCCCCCCCCCCC/C=C/[C@@H](O)[C@H](CO[C@@H]1O[C@H](CO)[C@@H](O[C@@H]2O[C@H](CO)[C@H](O[C@H]3O[C@H](CO)[C@H](O)[C@H](O[C@@H]4O[C@H](CO)[C@H](O)[C@H](O[C@@H]5O[C@H](CO)[C@H](O)[C@H](O[C@]6(C(=O)[O-])C[C@H](O)[C@@H](NC(C)=O)[C@H]([C@H](O)[C@@H](CO)O[C@]7(C(=O)[O-])C[C@H](O)[C@@H](NC(C)=O)[C@H]([C@H](O)[C@H](O)CO)O7)O6)[C@H]5O)[C@H]4NC(C)=O)[C@H]3O)[C@H](O)[C@H]2O)[C@H](O)[C@H]1O)NC=O. The summed E-state index contributed by atoms with van der Waals surface area (Å²) < 4.78 is 80.9. The number of aliphatic hydroxyl groups is 22. The highest BCUT2D eigenvalue weighted by Crippen LogP contribution is 2.42. The third-order valence-electron chi connectivity index (χ3n) is 22.1. The van der Waals surface area contributed by atoms with E-state index >= 15 is 0 Å². The van der Waals surface area contributed by atoms with Crippen LogP contribution >= 0.6 is 0 Å². The van der Waals surface area contributed by atoms with Gasteiger partial charge in [-0.3, -0.25) is 19.2 Å². The van der Waals surface area contributed by atoms with Gasteiger partial charge in [0.15, 0.2) is 31.5 Å². The maximum atomic E-state index is 13.6. The van der Waals surface area contributed by atoms with Crippen LogP contribution in [0, 0.1) is 0 Å². The van der Waals surface area contributed by atoms with Crippen molar-refractivity contribution in [2.75, 3.05) is 52.9 Å². The topological polar surface area (TPSA) is 771 Å². The van der Waals surface area contributed by atoms with Crippen molar-refractivity contribution in [3.05, 3.63) is 12.2 Å². The first-order valence-corrected chi connectivity index (χ1v) is 40.2. The maximum absolute atomic E-state index is 13.6. The molecule has 26 N–H and O–H groups in total. The van der Waals surface area contributed by atoms with Crippen LogP contribution in [0.5, 0.6) is 0 Å². The fraction of sp³-hybridized carbons (Fsp3) is 0.890. The largest absolute Gasteiger partial charge is 0.544 e. The second-order valence-electron chi connectivity index (χ2n) is 31.0. The van der Waals surface area contributed by atoms with Crippen molar-refractivity contribution in [2.45, 2.75) is 356 Å². The van der Waals surface area contributed by atoms with Crippen LogP contribution in [-0.2, 0) is 95.1 Å². The molecule has 0 aliphatic carbocycles. The fourth-order valence-electron chi connectivity index (χ4n) is 15.5. The van der Waals surface area contributed by atoms with Crippen LogP contribution in [0.15, 0.2) is 12.2 Å². The summed E-state index contributed by atoms with van der Waals surface area (Å²) in [5, 5.41) is 282. The number of amides is 4. The number of rotatable bonds is 47. The molecule has 7 rings (SSSR count). The number of hydrogen-bond acceptors (Lipinski definition) is 44. The summed E-state index contributed by atoms with van der Waals surface area (Å²) in [6.07, 6.45) is -58.6. The monoisotopic (exact) mass is 1760 g/mol. The number of aliphatic hydroxyl groups excluding tert-OH is 22. The Bertz CT molecular complexity index is 3180. The van der Waals surface area contributed by atoms with Gasteiger partial charge in [-0.05, 0) is 12.8 Å². The summed E-state index contributed by atoms with van der Waals surface area (Å²) in [6.45, 7) is -4.32. The Morgan fingerprint density at radius 3 is 1.32 bits per heavy atom. The minimum Gasteiger partial charge on any atom is -0.544 e. The third-order valence-corrected chi connectivity index (χ3v) is 22.1. The zero-order chi connectivity index (χ0) is 89.7. The first kappa shape index (κ1) is 103. The van der Waals surface area contributed by atoms with Gasteiger partial charge >= 0.3 is 0 Å². The lowest BCUT2D eigenvalue weighted by Crippen LogP contribution is -2.73. The number of carbonyl (C=O) groups excluding carboxylic acids is 6. The van der Waals surface area contributed by atoms with E-state index in [0.29, 0.717) is 12.8 Å². The van der Waals surface area contributed by atoms with Crippen molar-refractivity contribution < 1.29 is 218 Å². The van der Waals surface area contributed by atoms with Crippen molar-refractivity contribution in [2.24, 2.45) is 0 Å². The third kappa shape index (κ3) is 26.0. The lowest BCUT2D eigenvalue weighted by Gasteiger charge is -2.53. The van der Waals surface area contributed by atoms with Gasteiger partial charge in [0.1, 0.15) is 171 Å². The van der Waals surface area contributed by atoms with Crippen LogP contribution in [-0.4, -0.2) is 439 Å². The Kier molecular flexibility index (Phi) is 41.2. The minimum absolute atomic E-state index is 0.308. The maximum Gasteiger partial charge on any atom is 0.217 e. The van der Waals surface area contributed by atoms with E-state index < -0.39 is 333 Å². The van der Waals surface area contributed by atoms with Gasteiger partial charge < -0.3 is 220 Å². The summed E-state index contributed by atoms with van der Waals surface area (Å²) in [6, 6.07) is -7.06. The van der Waals surface area contributed by atoms with Crippen LogP contribution < -0.4 is 31.5 Å². The van der Waals surface area contributed by atoms with Crippen LogP contribution in [0.1, 0.15) is 118 Å². The molecular formula is C73H122N4O44-2. The summed E-state index contributed by atoms with van der Waals surface area (Å²) in [7, 11) is 0. The minimum atomic E-state index is -3.68. The van der Waals surface area contributed by atoms with E-state index in [1.165, 1.54) is 51.0 Å². The Morgan fingerprint density at radius 2 is 0.851 bits per heavy atom. The molecule has 0 saturated carbocycles. The van der Waals surface area contributed by atoms with Gasteiger partial charge in [0.2, 0.25) is 35.7 Å². The molecule has 48 nitrogen and oxygen atoms in total. The highest BCUT2D eigenvalue weighted by Gasteiger charge is 2.62. The van der Waals surface area contributed by atoms with Crippen molar-refractivity contribution in [3.8, 4) is 0 Å². The van der Waals surface area contributed by atoms with Gasteiger partial charge in [-0.1, -0.05) is 83.3 Å². The van der Waals surface area contributed by atoms with Crippen LogP contribution in [0.2, 0.25) is 0 Å². The molecule has 121 heavy (non-hydrogen) atoms. The molecule has 7 fully saturated rings. The number of carboxylic acids is 2. The van der Waals surface area contributed by atoms with Crippen molar-refractivity contribution in [3.63, 3.8) is 0 Å². The second-order valence-corrected chi connectivity index (χ2v) is 31.0. The summed E-state index contributed by atoms with van der Waals surface area (Å²) >= 11 is 0. The number of aliphatic carboxylic acids is 2. The highest BCUT2D eigenvalue weighted by atomic mass is 16.8. The molecule has 0 aromatic heterocycles. The smallest absolute Gasteiger partial charge is 0.217 e. The average molecular weight is 1760 g/mol. The molecular weight excluding hydrogens is 1640 g/mol. The number of carbonyl (C=O) groups is 6. The van der Waals surface area contributed by atoms with Crippen LogP contribution in [0.3, 0.4) is 0 Å². The van der Waals surface area contributed by atoms with E-state index in [4.69, 9.17) is 66.3 Å². The van der Waals surface area contributed by atoms with Crippen LogP contribution in [0.25, 0.3) is 0 Å². The van der Waals surface area contributed by atoms with Gasteiger partial charge in [-0.2, -0.15) is 0 Å². The first-order valence-electron chi connectivity index (χ1n) is 40.2. The second kappa shape index (κ2) is 48.3. The molecule has 0 aromatic rings. The lowest BCUT2D eigenvalue weighted by molar-refractivity contribution is -0.415. The molecule has 7 aliphatic rings. The number of hydrogen-bond donors (Lipinski definition) is 26. The quantitative estimate of drug-likeness (QED) is 0.0153. The van der Waals surface area contributed by atoms with Crippen molar-refractivity contribution in [1.29, 1.82) is 0 Å². The van der Waals surface area contributed by atoms with Crippen molar-refractivity contribution >= 4 is 36.1 Å². The highest BCUT2D eigenvalue weighted by molar-refractivity contribution is 5.76. The summed E-state index contributed by atoms with van der Waals surface area (Å²) in [5.41, 5.74) is 0. The fourth-order valence-corrected chi connectivity index (χ4v) is 15.5. The Morgan fingerprint density at radius 1 is 0.455 bits per heavy atom. The van der Waals surface area contributed by atoms with E-state index in [1.54, 1.807) is 6.08 Å². The predicted molar refractivity (Wildman–Crippen MR) is 389 cm³/mol. The molecule has 0 aromatic carbocycles. The Labute approximate surface area is 693 Å². The molecule has 4 amide bonds. The van der Waals surface area contributed by atoms with E-state index in [9.17, 15) is 151 Å². The van der Waals surface area contributed by atoms with Crippen LogP contribution in [0.4, 0.5) is 0 Å². The Balaban J connectivity index is 1.05. The standard InChI is InChI=1S/C73H124N4O44/c1-5-6-7-8-9-10-11-12-13-14-15-16-17-18-34(89)33(74-29-85)28-108-66-54(100)52(98)58(42(26-83)112-66)114-67-55(101)53(99)59(43(27-84)113-67)115-68-56(102)63(49(95)39(23-80)110-68)117-65-46(77-32(4)88)60(48(94)38(22-79)109-65)116-69-57(103)64(50(96)40(24-81)111-69)121-73(71(106)107)20-36(91)45(76-31(3)87)62(120-73)51(97)41(25-82)118-72(70(104)105)19-35(90)44(75-30(2)86)61(119-72)47(93)37(92)21-78/h17-18,29,33-69,78-84,89-103H,5-16,19-28H2,1-4H3,(H,74,85)(H,75,86)(H,76,87)(H,77,88)(H,104,105)(H,106,107)/p-2/b18-17+/t33-,34+,35-,36-,37+,38+,39+,40+,41+,42+,43+,44+,45+,46+,47+,48-,49-,50-,51+,52+,53+,54+,55+,56+,57+,58+,59-,60+,61+,62+,63-,64-,65-,66+,67-,68+,69-,72+,73-/m0/s1. The van der Waals surface area contributed by atoms with E-state index in [1.807, 2.05) is 0 Å². The van der Waals surface area contributed by atoms with E-state index in [-0.39, 0.29) is 0 Å². The molecule has 7 aliphatic heterocycles. The molecule has 48 heteroatoms. The zero-order valence-electron chi connectivity index (χ0n) is 67.0. The Hall–Kier alpha value is -4.88. The normalized spacial score (nSPS) is 40.1. The van der Waals surface area contributed by atoms with Crippen molar-refractivity contribution in [1.82, 2.24) is 21.3 Å². The van der Waals surface area contributed by atoms with Gasteiger partial charge in [-0.15, -0.1) is 0 Å². The summed E-state index contributed by atoms with van der Waals surface area (Å²) in [5.74, 6) is -15.2. The number of carboxylic acid groups (broad SMARTS) is 2. The predicted octanol–water partition coefficient (Wildman–Crippen LogP) is -15.3. The number of unbranched alkanes of at least 4 members (excludes halogenated alkanes) is 11. The molecule has 7 heterocycles. The molecule has 700 valence electrons. The molecule has 0 bridgehead atoms. The first-order chi connectivity index (χ1) is 57.4. The average Bonchev–Trinajstić information content (AvgIpc) is 0.762. The van der Waals surface area contributed by atoms with Gasteiger partial charge in [0.25, 0.3) is 0 Å². The molecule has 0 spiro atoms. The number of nitrogens with one attached hydrogen (secondary N) is 4. The van der Waals surface area contributed by atoms with Gasteiger partial charge in [0, 0.05) is 33.6 Å².